The Morgan fingerprint density at radius 3 is 2.38 bits per heavy atom. The molecule has 48 heavy (non-hydrogen) atoms. The van der Waals surface area contributed by atoms with Gasteiger partial charge in [0.15, 0.2) is 0 Å². The number of aromatic nitrogens is 2. The van der Waals surface area contributed by atoms with Crippen LogP contribution in [0.25, 0.3) is 20.7 Å². The maximum Gasteiger partial charge on any atom is 0.242 e. The lowest BCUT2D eigenvalue weighted by molar-refractivity contribution is -0.138. The van der Waals surface area contributed by atoms with Gasteiger partial charge in [0.2, 0.25) is 23.6 Å². The number of allylic oxidation sites excluding steroid dienone is 2. The number of fused-ring (bicyclic) bond motifs is 5. The molecule has 4 heterocycles. The molecule has 0 radical (unpaired) electrons. The van der Waals surface area contributed by atoms with Crippen molar-refractivity contribution in [3.8, 4) is 16.3 Å². The zero-order valence-electron chi connectivity index (χ0n) is 27.5. The highest BCUT2D eigenvalue weighted by atomic mass is 35.5. The second-order valence-corrected chi connectivity index (χ2v) is 15.6. The van der Waals surface area contributed by atoms with E-state index in [9.17, 15) is 24.3 Å². The summed E-state index contributed by atoms with van der Waals surface area (Å²) in [5.41, 5.74) is 3.55. The minimum absolute atomic E-state index is 0.181. The molecular weight excluding hydrogens is 648 g/mol. The maximum absolute atomic E-state index is 15.0. The molecule has 3 fully saturated rings. The second-order valence-electron chi connectivity index (χ2n) is 14.1. The largest absolute Gasteiger partial charge is 0.507 e. The molecule has 6 atom stereocenters. The van der Waals surface area contributed by atoms with Gasteiger partial charge in [0, 0.05) is 35.8 Å². The quantitative estimate of drug-likeness (QED) is 0.196. The number of hydrogen-bond acceptors (Lipinski definition) is 7. The Bertz CT molecular complexity index is 2160. The molecule has 8 rings (SSSR count). The summed E-state index contributed by atoms with van der Waals surface area (Å²) in [4.78, 5) is 59.7. The van der Waals surface area contributed by atoms with Crippen LogP contribution in [0.15, 0.2) is 48.0 Å². The molecule has 11 heteroatoms. The topological polar surface area (TPSA) is 113 Å². The number of rotatable bonds is 3. The smallest absolute Gasteiger partial charge is 0.242 e. The van der Waals surface area contributed by atoms with E-state index in [1.165, 1.54) is 16.8 Å². The van der Waals surface area contributed by atoms with Crippen LogP contribution in [-0.4, -0.2) is 50.5 Å². The zero-order valence-corrected chi connectivity index (χ0v) is 29.1. The number of carbonyl (C=O) groups excluding carboxylic acids is 4. The van der Waals surface area contributed by atoms with Crippen LogP contribution in [0.3, 0.4) is 0 Å². The fraction of sp³-hybridized carbons (Fsp3) is 0.378. The first-order chi connectivity index (χ1) is 22.7. The third-order valence-electron chi connectivity index (χ3n) is 11.6. The number of hydrogen-bond donors (Lipinski definition) is 1. The first-order valence-corrected chi connectivity index (χ1v) is 17.4. The van der Waals surface area contributed by atoms with E-state index in [0.717, 1.165) is 31.7 Å². The van der Waals surface area contributed by atoms with E-state index in [-0.39, 0.29) is 41.7 Å². The van der Waals surface area contributed by atoms with E-state index >= 15 is 0 Å². The molecule has 2 aromatic carbocycles. The molecule has 0 bridgehead atoms. The number of anilines is 1. The summed E-state index contributed by atoms with van der Waals surface area (Å²) in [7, 11) is 3.26. The Hall–Kier alpha value is -4.28. The van der Waals surface area contributed by atoms with E-state index < -0.39 is 29.1 Å². The molecule has 246 valence electrons. The molecule has 2 aliphatic carbocycles. The van der Waals surface area contributed by atoms with Crippen LogP contribution in [0, 0.1) is 49.9 Å². The molecule has 2 saturated heterocycles. The van der Waals surface area contributed by atoms with E-state index in [0.29, 0.717) is 34.1 Å². The van der Waals surface area contributed by atoms with Crippen LogP contribution in [0.2, 0.25) is 5.02 Å². The zero-order chi connectivity index (χ0) is 34.1. The van der Waals surface area contributed by atoms with Gasteiger partial charge in [0.25, 0.3) is 0 Å². The maximum atomic E-state index is 15.0. The average molecular weight is 683 g/mol. The molecule has 0 spiro atoms. The molecule has 1 saturated carbocycles. The Balaban J connectivity index is 1.27. The summed E-state index contributed by atoms with van der Waals surface area (Å²) < 4.78 is 2.65. The fourth-order valence-corrected chi connectivity index (χ4v) is 10.5. The van der Waals surface area contributed by atoms with Crippen molar-refractivity contribution in [2.75, 3.05) is 11.9 Å². The Labute approximate surface area is 286 Å². The van der Waals surface area contributed by atoms with Gasteiger partial charge in [-0.05, 0) is 92.3 Å². The van der Waals surface area contributed by atoms with E-state index in [4.69, 9.17) is 16.7 Å². The first kappa shape index (κ1) is 31.0. The standard InChI is InChI=1S/C37H35ClN4O5S/c1-16-11-19(12-17(2)31(16)43)30-21-8-9-22-29(35(46)40(5)33(22)44)24(21)14-25-34(45)42(36(47)37(25,30)4)28-15-26(39-41(28)6)32-18(3)23-13-20(38)7-10-27(23)48-32/h7-8,10-13,15,22,24-25,29-30,43H,9,14H2,1-6H3. The Morgan fingerprint density at radius 1 is 0.958 bits per heavy atom. The van der Waals surface area contributed by atoms with Crippen molar-refractivity contribution >= 4 is 62.5 Å². The summed E-state index contributed by atoms with van der Waals surface area (Å²) in [6.07, 6.45) is 2.72. The van der Waals surface area contributed by atoms with Crippen molar-refractivity contribution in [2.45, 2.75) is 46.5 Å². The number of thiophene rings is 1. The number of imide groups is 2. The predicted molar refractivity (Wildman–Crippen MR) is 184 cm³/mol. The van der Waals surface area contributed by atoms with Crippen molar-refractivity contribution in [3.05, 3.63) is 75.3 Å². The number of phenolic OH excluding ortho intramolecular Hbond substituents is 1. The summed E-state index contributed by atoms with van der Waals surface area (Å²) in [6, 6.07) is 11.3. The van der Waals surface area contributed by atoms with Gasteiger partial charge >= 0.3 is 0 Å². The predicted octanol–water partition coefficient (Wildman–Crippen LogP) is 6.45. The number of nitrogens with zero attached hydrogens (tertiary/aromatic N) is 4. The van der Waals surface area contributed by atoms with Crippen molar-refractivity contribution in [2.24, 2.45) is 36.1 Å². The lowest BCUT2D eigenvalue weighted by atomic mass is 9.51. The Kier molecular flexibility index (Phi) is 6.69. The van der Waals surface area contributed by atoms with Gasteiger partial charge in [-0.1, -0.05) is 35.4 Å². The second kappa shape index (κ2) is 10.4. The SMILES string of the molecule is Cc1cc(C2C3=CCC4C(=O)N(C)C(=O)C4C3CC3C(=O)N(c4cc(-c5sc6ccc(Cl)cc6c5C)nn4C)C(=O)C32C)cc(C)c1O. The van der Waals surface area contributed by atoms with Crippen LogP contribution in [0.1, 0.15) is 47.9 Å². The minimum Gasteiger partial charge on any atom is -0.507 e. The number of carbonyl (C=O) groups is 4. The third kappa shape index (κ3) is 3.99. The molecule has 4 aromatic rings. The summed E-state index contributed by atoms with van der Waals surface area (Å²) >= 11 is 7.88. The molecular formula is C37H35ClN4O5S. The minimum atomic E-state index is -1.19. The number of aryl methyl sites for hydroxylation is 4. The fourth-order valence-electron chi connectivity index (χ4n) is 9.14. The Morgan fingerprint density at radius 2 is 1.67 bits per heavy atom. The van der Waals surface area contributed by atoms with E-state index in [1.54, 1.807) is 29.1 Å². The summed E-state index contributed by atoms with van der Waals surface area (Å²) in [5.74, 6) is -3.26. The molecule has 2 aromatic heterocycles. The van der Waals surface area contributed by atoms with Crippen LogP contribution in [0.5, 0.6) is 5.75 Å². The van der Waals surface area contributed by atoms with Crippen LogP contribution < -0.4 is 4.90 Å². The van der Waals surface area contributed by atoms with Gasteiger partial charge in [-0.15, -0.1) is 11.3 Å². The molecule has 9 nitrogen and oxygen atoms in total. The van der Waals surface area contributed by atoms with Gasteiger partial charge in [0.05, 0.1) is 28.0 Å². The van der Waals surface area contributed by atoms with Gasteiger partial charge in [0.1, 0.15) is 17.3 Å². The molecule has 2 aliphatic heterocycles. The molecule has 1 N–H and O–H groups in total. The number of phenols is 1. The van der Waals surface area contributed by atoms with Gasteiger partial charge in [-0.3, -0.25) is 28.8 Å². The number of aromatic hydroxyl groups is 1. The van der Waals surface area contributed by atoms with Gasteiger partial charge in [-0.25, -0.2) is 4.90 Å². The first-order valence-electron chi connectivity index (χ1n) is 16.2. The van der Waals surface area contributed by atoms with Crippen LogP contribution >= 0.6 is 22.9 Å². The number of benzene rings is 2. The van der Waals surface area contributed by atoms with Crippen molar-refractivity contribution < 1.29 is 24.3 Å². The van der Waals surface area contributed by atoms with Crippen molar-refractivity contribution in [3.63, 3.8) is 0 Å². The van der Waals surface area contributed by atoms with Crippen LogP contribution in [-0.2, 0) is 26.2 Å². The van der Waals surface area contributed by atoms with Gasteiger partial charge < -0.3 is 5.11 Å². The molecule has 6 unspecified atom stereocenters. The lowest BCUT2D eigenvalue weighted by Gasteiger charge is -2.49. The number of amides is 4. The molecule has 4 amide bonds. The summed E-state index contributed by atoms with van der Waals surface area (Å²) in [5, 5.41) is 17.1. The third-order valence-corrected chi connectivity index (χ3v) is 13.1. The van der Waals surface area contributed by atoms with Gasteiger partial charge in [-0.2, -0.15) is 5.10 Å². The lowest BCUT2D eigenvalue weighted by Crippen LogP contribution is -2.48. The van der Waals surface area contributed by atoms with Crippen LogP contribution in [0.4, 0.5) is 5.82 Å². The van der Waals surface area contributed by atoms with Crippen molar-refractivity contribution in [1.82, 2.24) is 14.7 Å². The summed E-state index contributed by atoms with van der Waals surface area (Å²) in [6.45, 7) is 7.52. The highest BCUT2D eigenvalue weighted by Crippen LogP contribution is 2.64. The normalized spacial score (nSPS) is 28.3. The highest BCUT2D eigenvalue weighted by Gasteiger charge is 2.67. The van der Waals surface area contributed by atoms with E-state index in [1.807, 2.05) is 64.1 Å². The monoisotopic (exact) mass is 682 g/mol. The molecule has 4 aliphatic rings. The van der Waals surface area contributed by atoms with E-state index in [2.05, 4.69) is 0 Å². The highest BCUT2D eigenvalue weighted by molar-refractivity contribution is 7.22. The number of likely N-dealkylation sites (tertiary alicyclic amines) is 1. The number of halogens is 1. The average Bonchev–Trinajstić information content (AvgIpc) is 3.71. The van der Waals surface area contributed by atoms with Crippen molar-refractivity contribution in [1.29, 1.82) is 0 Å².